The van der Waals surface area contributed by atoms with Crippen molar-refractivity contribution in [3.05, 3.63) is 47.5 Å². The maximum absolute atomic E-state index is 13.3. The van der Waals surface area contributed by atoms with Crippen LogP contribution in [0.15, 0.2) is 36.4 Å². The quantitative estimate of drug-likeness (QED) is 0.0944. The summed E-state index contributed by atoms with van der Waals surface area (Å²) in [5.41, 5.74) is 1.13. The number of methoxy groups -OCH3 is 4. The third-order valence-electron chi connectivity index (χ3n) is 9.81. The molecule has 0 amide bonds. The van der Waals surface area contributed by atoms with Crippen LogP contribution >= 0.6 is 0 Å². The highest BCUT2D eigenvalue weighted by molar-refractivity contribution is 5.98. The zero-order chi connectivity index (χ0) is 33.2. The largest absolute Gasteiger partial charge is 0.493 e. The fraction of sp³-hybridized carbons (Fsp3) is 0.641. The van der Waals surface area contributed by atoms with Crippen LogP contribution in [-0.2, 0) is 5.41 Å². The van der Waals surface area contributed by atoms with Crippen LogP contribution in [0.25, 0.3) is 0 Å². The summed E-state index contributed by atoms with van der Waals surface area (Å²) in [6.45, 7) is 4.96. The summed E-state index contributed by atoms with van der Waals surface area (Å²) in [4.78, 5) is 15.7. The van der Waals surface area contributed by atoms with Crippen molar-refractivity contribution in [3.63, 3.8) is 0 Å². The molecule has 0 saturated carbocycles. The van der Waals surface area contributed by atoms with E-state index in [1.165, 1.54) is 51.4 Å². The zero-order valence-electron chi connectivity index (χ0n) is 29.2. The van der Waals surface area contributed by atoms with Gasteiger partial charge in [-0.25, -0.2) is 0 Å². The normalized spacial score (nSPS) is 15.1. The molecule has 1 unspecified atom stereocenters. The van der Waals surface area contributed by atoms with E-state index >= 15 is 0 Å². The van der Waals surface area contributed by atoms with Gasteiger partial charge in [-0.3, -0.25) is 4.79 Å². The number of hydrogen-bond donors (Lipinski definition) is 0. The van der Waals surface area contributed by atoms with Crippen molar-refractivity contribution in [1.82, 2.24) is 4.90 Å². The van der Waals surface area contributed by atoms with Crippen molar-refractivity contribution in [2.75, 3.05) is 48.1 Å². The molecular formula is C39H58N2O5. The molecule has 0 radical (unpaired) electrons. The van der Waals surface area contributed by atoms with Gasteiger partial charge in [0.15, 0.2) is 28.8 Å². The summed E-state index contributed by atoms with van der Waals surface area (Å²) in [5, 5.41) is 10.7. The molecule has 7 heteroatoms. The van der Waals surface area contributed by atoms with E-state index in [0.29, 0.717) is 28.6 Å². The summed E-state index contributed by atoms with van der Waals surface area (Å²) in [5.74, 6) is 2.75. The number of benzene rings is 2. The number of carbonyl (C=O) groups is 1. The van der Waals surface area contributed by atoms with Crippen LogP contribution in [0.5, 0.6) is 23.0 Å². The first kappa shape index (κ1) is 37.2. The number of rotatable bonds is 22. The van der Waals surface area contributed by atoms with E-state index in [1.54, 1.807) is 40.6 Å². The van der Waals surface area contributed by atoms with E-state index in [2.05, 4.69) is 17.9 Å². The first-order chi connectivity index (χ1) is 22.4. The fourth-order valence-corrected chi connectivity index (χ4v) is 6.89. The molecule has 0 bridgehead atoms. The van der Waals surface area contributed by atoms with Crippen LogP contribution in [0.1, 0.15) is 119 Å². The van der Waals surface area contributed by atoms with Gasteiger partial charge in [0.1, 0.15) is 0 Å². The third-order valence-corrected chi connectivity index (χ3v) is 9.81. The molecule has 2 aromatic rings. The summed E-state index contributed by atoms with van der Waals surface area (Å²) >= 11 is 0. The zero-order valence-corrected chi connectivity index (χ0v) is 29.2. The number of ether oxygens (including phenoxy) is 4. The Morgan fingerprint density at radius 1 is 0.739 bits per heavy atom. The third kappa shape index (κ3) is 10.7. The monoisotopic (exact) mass is 634 g/mol. The highest BCUT2D eigenvalue weighted by Crippen LogP contribution is 2.39. The van der Waals surface area contributed by atoms with Crippen LogP contribution in [0.3, 0.4) is 0 Å². The highest BCUT2D eigenvalue weighted by atomic mass is 16.5. The fourth-order valence-electron chi connectivity index (χ4n) is 6.89. The van der Waals surface area contributed by atoms with Gasteiger partial charge in [0.25, 0.3) is 0 Å². The number of nitriles is 1. The molecule has 0 aliphatic carbocycles. The van der Waals surface area contributed by atoms with E-state index in [-0.39, 0.29) is 11.7 Å². The average Bonchev–Trinajstić information content (AvgIpc) is 3.11. The van der Waals surface area contributed by atoms with E-state index in [1.807, 2.05) is 24.3 Å². The van der Waals surface area contributed by atoms with Crippen LogP contribution in [0.2, 0.25) is 0 Å². The minimum atomic E-state index is -0.568. The molecule has 2 aromatic carbocycles. The lowest BCUT2D eigenvalue weighted by Crippen LogP contribution is -2.37. The van der Waals surface area contributed by atoms with Crippen molar-refractivity contribution in [1.29, 1.82) is 5.26 Å². The van der Waals surface area contributed by atoms with Crippen molar-refractivity contribution in [2.45, 2.75) is 109 Å². The van der Waals surface area contributed by atoms with E-state index in [9.17, 15) is 10.1 Å². The molecule has 7 nitrogen and oxygen atoms in total. The SMILES string of the molecule is CCCCCCCCCCCCC(C#N)(CCCN1CCC(C(=O)c2ccc(OC)c(OC)c2)CC1)c1ccc(OC)c(OC)c1. The van der Waals surface area contributed by atoms with Gasteiger partial charge < -0.3 is 23.8 Å². The van der Waals surface area contributed by atoms with Gasteiger partial charge >= 0.3 is 0 Å². The van der Waals surface area contributed by atoms with Crippen molar-refractivity contribution in [2.24, 2.45) is 5.92 Å². The molecule has 0 spiro atoms. The Balaban J connectivity index is 1.56. The Morgan fingerprint density at radius 2 is 1.26 bits per heavy atom. The Hall–Kier alpha value is -3.24. The van der Waals surface area contributed by atoms with E-state index in [0.717, 1.165) is 70.1 Å². The van der Waals surface area contributed by atoms with Crippen molar-refractivity contribution in [3.8, 4) is 29.1 Å². The van der Waals surface area contributed by atoms with Crippen LogP contribution in [0, 0.1) is 17.2 Å². The molecule has 254 valence electrons. The molecule has 0 aromatic heterocycles. The summed E-state index contributed by atoms with van der Waals surface area (Å²) in [7, 11) is 6.48. The predicted molar refractivity (Wildman–Crippen MR) is 186 cm³/mol. The standard InChI is InChI=1S/C39H58N2O5/c1-6-7-8-9-10-11-12-13-14-15-23-39(30-40,33-18-20-35(44-3)37(29-33)46-5)24-16-25-41-26-21-31(22-27-41)38(42)32-17-19-34(43-2)36(28-32)45-4/h17-20,28-29,31H,6-16,21-27H2,1-5H3. The molecule has 3 rings (SSSR count). The Bertz CT molecular complexity index is 1230. The number of hydrogen-bond acceptors (Lipinski definition) is 7. The number of Topliss-reactive ketones (excluding diaryl/α,β-unsaturated/α-hetero) is 1. The second-order valence-corrected chi connectivity index (χ2v) is 12.8. The van der Waals surface area contributed by atoms with Crippen LogP contribution in [0.4, 0.5) is 0 Å². The van der Waals surface area contributed by atoms with E-state index in [4.69, 9.17) is 18.9 Å². The molecule has 1 fully saturated rings. The maximum atomic E-state index is 13.3. The minimum absolute atomic E-state index is 0.00987. The highest BCUT2D eigenvalue weighted by Gasteiger charge is 2.33. The topological polar surface area (TPSA) is 81.0 Å². The molecule has 1 aliphatic heterocycles. The number of nitrogens with zero attached hydrogens (tertiary/aromatic N) is 2. The van der Waals surface area contributed by atoms with Gasteiger partial charge in [-0.1, -0.05) is 77.2 Å². The van der Waals surface area contributed by atoms with Crippen molar-refractivity contribution >= 4 is 5.78 Å². The molecule has 46 heavy (non-hydrogen) atoms. The Morgan fingerprint density at radius 3 is 1.83 bits per heavy atom. The molecule has 0 N–H and O–H groups in total. The Labute approximate surface area is 278 Å². The van der Waals surface area contributed by atoms with Gasteiger partial charge in [-0.2, -0.15) is 5.26 Å². The first-order valence-corrected chi connectivity index (χ1v) is 17.6. The second-order valence-electron chi connectivity index (χ2n) is 12.8. The van der Waals surface area contributed by atoms with Gasteiger partial charge in [0.05, 0.1) is 39.9 Å². The summed E-state index contributed by atoms with van der Waals surface area (Å²) in [6.07, 6.45) is 17.0. The van der Waals surface area contributed by atoms with Gasteiger partial charge in [-0.15, -0.1) is 0 Å². The molecule has 1 atom stereocenters. The number of ketones is 1. The van der Waals surface area contributed by atoms with Crippen LogP contribution in [-0.4, -0.2) is 58.8 Å². The predicted octanol–water partition coefficient (Wildman–Crippen LogP) is 9.17. The number of piperidine rings is 1. The molecule has 1 saturated heterocycles. The minimum Gasteiger partial charge on any atom is -0.493 e. The smallest absolute Gasteiger partial charge is 0.166 e. The number of carbonyl (C=O) groups excluding carboxylic acids is 1. The number of unbranched alkanes of at least 4 members (excludes halogenated alkanes) is 9. The van der Waals surface area contributed by atoms with Crippen LogP contribution < -0.4 is 18.9 Å². The Kier molecular flexibility index (Phi) is 16.3. The lowest BCUT2D eigenvalue weighted by Gasteiger charge is -2.33. The van der Waals surface area contributed by atoms with E-state index < -0.39 is 5.41 Å². The molecule has 1 heterocycles. The van der Waals surface area contributed by atoms with Gasteiger partial charge in [0.2, 0.25) is 0 Å². The lowest BCUT2D eigenvalue weighted by atomic mass is 9.74. The summed E-state index contributed by atoms with van der Waals surface area (Å²) in [6, 6.07) is 14.2. The second kappa shape index (κ2) is 20.1. The van der Waals surface area contributed by atoms with Crippen molar-refractivity contribution < 1.29 is 23.7 Å². The number of likely N-dealkylation sites (tertiary alicyclic amines) is 1. The molecule has 1 aliphatic rings. The lowest BCUT2D eigenvalue weighted by molar-refractivity contribution is 0.0837. The molecular weight excluding hydrogens is 576 g/mol. The summed E-state index contributed by atoms with van der Waals surface area (Å²) < 4.78 is 21.9. The van der Waals surface area contributed by atoms with Gasteiger partial charge in [0, 0.05) is 11.5 Å². The van der Waals surface area contributed by atoms with Gasteiger partial charge in [-0.05, 0) is 87.6 Å². The average molecular weight is 635 g/mol. The maximum Gasteiger partial charge on any atom is 0.166 e. The first-order valence-electron chi connectivity index (χ1n) is 17.6.